The number of nitrogens with zero attached hydrogens (tertiary/aromatic N) is 4. The van der Waals surface area contributed by atoms with Gasteiger partial charge in [0.2, 0.25) is 15.9 Å². The van der Waals surface area contributed by atoms with Crippen LogP contribution in [0.1, 0.15) is 11.4 Å². The number of aryl methyl sites for hydroxylation is 2. The molecule has 2 rings (SSSR count). The zero-order valence-corrected chi connectivity index (χ0v) is 15.6. The van der Waals surface area contributed by atoms with E-state index in [-0.39, 0.29) is 11.4 Å². The fourth-order valence-corrected chi connectivity index (χ4v) is 3.21. The Hall–Kier alpha value is -2.46. The third kappa shape index (κ3) is 3.80. The lowest BCUT2D eigenvalue weighted by atomic mass is 10.3. The predicted molar refractivity (Wildman–Crippen MR) is 92.9 cm³/mol. The van der Waals surface area contributed by atoms with E-state index >= 15 is 0 Å². The molecule has 0 unspecified atom stereocenters. The van der Waals surface area contributed by atoms with Crippen LogP contribution in [0.15, 0.2) is 28.0 Å². The molecule has 0 aliphatic rings. The van der Waals surface area contributed by atoms with Crippen molar-refractivity contribution in [3.8, 4) is 0 Å². The topological polar surface area (TPSA) is 106 Å². The van der Waals surface area contributed by atoms with Crippen LogP contribution in [0.5, 0.6) is 0 Å². The standard InChI is InChI=1S/C15H21N5O4S/c1-10-15(11(2)19(5)17-10)16-13(21)9-20-8-12(6-7-14(20)22)25(23,24)18(3)4/h6-8H,9H2,1-5H3,(H,16,21). The van der Waals surface area contributed by atoms with Crippen molar-refractivity contribution in [3.05, 3.63) is 40.1 Å². The number of rotatable bonds is 5. The lowest BCUT2D eigenvalue weighted by Crippen LogP contribution is -2.29. The number of hydrogen-bond donors (Lipinski definition) is 1. The van der Waals surface area contributed by atoms with Gasteiger partial charge in [-0.2, -0.15) is 5.10 Å². The molecular formula is C15H21N5O4S. The highest BCUT2D eigenvalue weighted by Gasteiger charge is 2.19. The molecule has 25 heavy (non-hydrogen) atoms. The monoisotopic (exact) mass is 367 g/mol. The van der Waals surface area contributed by atoms with Crippen molar-refractivity contribution in [2.24, 2.45) is 7.05 Å². The average Bonchev–Trinajstić information content (AvgIpc) is 2.75. The highest BCUT2D eigenvalue weighted by molar-refractivity contribution is 7.89. The van der Waals surface area contributed by atoms with Crippen LogP contribution in [-0.2, 0) is 28.4 Å². The Bertz CT molecular complexity index is 972. The lowest BCUT2D eigenvalue weighted by molar-refractivity contribution is -0.116. The van der Waals surface area contributed by atoms with Crippen LogP contribution in [0.25, 0.3) is 0 Å². The number of carbonyl (C=O) groups excluding carboxylic acids is 1. The molecule has 0 saturated carbocycles. The fraction of sp³-hybridized carbons (Fsp3) is 0.400. The second-order valence-electron chi connectivity index (χ2n) is 5.84. The summed E-state index contributed by atoms with van der Waals surface area (Å²) in [5, 5.41) is 6.92. The van der Waals surface area contributed by atoms with Gasteiger partial charge in [0.05, 0.1) is 22.0 Å². The summed E-state index contributed by atoms with van der Waals surface area (Å²) in [6, 6.07) is 2.35. The van der Waals surface area contributed by atoms with Gasteiger partial charge in [-0.1, -0.05) is 0 Å². The Morgan fingerprint density at radius 3 is 2.44 bits per heavy atom. The van der Waals surface area contributed by atoms with Crippen LogP contribution >= 0.6 is 0 Å². The normalized spacial score (nSPS) is 11.8. The molecule has 9 nitrogen and oxygen atoms in total. The van der Waals surface area contributed by atoms with E-state index in [4.69, 9.17) is 0 Å². The van der Waals surface area contributed by atoms with Gasteiger partial charge in [-0.3, -0.25) is 14.3 Å². The number of amides is 1. The van der Waals surface area contributed by atoms with Gasteiger partial charge < -0.3 is 9.88 Å². The Kier molecular flexibility index (Phi) is 5.14. The lowest BCUT2D eigenvalue weighted by Gasteiger charge is -2.13. The van der Waals surface area contributed by atoms with Gasteiger partial charge in [-0.25, -0.2) is 12.7 Å². The molecule has 0 aliphatic carbocycles. The Morgan fingerprint density at radius 2 is 1.92 bits per heavy atom. The van der Waals surface area contributed by atoms with Crippen molar-refractivity contribution in [3.63, 3.8) is 0 Å². The van der Waals surface area contributed by atoms with Crippen molar-refractivity contribution in [1.82, 2.24) is 18.7 Å². The molecule has 0 radical (unpaired) electrons. The zero-order chi connectivity index (χ0) is 18.9. The predicted octanol–water partition coefficient (Wildman–Crippen LogP) is 0.0876. The van der Waals surface area contributed by atoms with Gasteiger partial charge in [0.1, 0.15) is 6.54 Å². The number of pyridine rings is 1. The summed E-state index contributed by atoms with van der Waals surface area (Å²) in [6.07, 6.45) is 1.17. The summed E-state index contributed by atoms with van der Waals surface area (Å²) in [7, 11) is 0.858. The molecule has 10 heteroatoms. The van der Waals surface area contributed by atoms with E-state index in [1.807, 2.05) is 6.92 Å². The molecule has 0 saturated heterocycles. The maximum absolute atomic E-state index is 12.3. The number of aromatic nitrogens is 3. The first kappa shape index (κ1) is 18.9. The zero-order valence-electron chi connectivity index (χ0n) is 14.8. The average molecular weight is 367 g/mol. The van der Waals surface area contributed by atoms with Crippen LogP contribution < -0.4 is 10.9 Å². The van der Waals surface area contributed by atoms with E-state index in [1.165, 1.54) is 26.4 Å². The van der Waals surface area contributed by atoms with E-state index in [0.29, 0.717) is 11.4 Å². The summed E-state index contributed by atoms with van der Waals surface area (Å²) in [6.45, 7) is 3.27. The molecule has 1 amide bonds. The molecule has 1 N–H and O–H groups in total. The van der Waals surface area contributed by atoms with Crippen LogP contribution in [0.2, 0.25) is 0 Å². The fourth-order valence-electron chi connectivity index (χ4n) is 2.28. The van der Waals surface area contributed by atoms with Gasteiger partial charge in [0.25, 0.3) is 5.56 Å². The number of nitrogens with one attached hydrogen (secondary N) is 1. The Balaban J connectivity index is 2.28. The van der Waals surface area contributed by atoms with Crippen molar-refractivity contribution in [2.45, 2.75) is 25.3 Å². The molecule has 0 fully saturated rings. The second kappa shape index (κ2) is 6.81. The summed E-state index contributed by atoms with van der Waals surface area (Å²) < 4.78 is 28.1. The minimum absolute atomic E-state index is 0.0568. The largest absolute Gasteiger partial charge is 0.321 e. The van der Waals surface area contributed by atoms with Crippen molar-refractivity contribution in [1.29, 1.82) is 0 Å². The third-order valence-corrected chi connectivity index (χ3v) is 5.62. The number of sulfonamides is 1. The van der Waals surface area contributed by atoms with Crippen LogP contribution in [-0.4, -0.2) is 47.1 Å². The van der Waals surface area contributed by atoms with E-state index in [2.05, 4.69) is 10.4 Å². The highest BCUT2D eigenvalue weighted by atomic mass is 32.2. The maximum Gasteiger partial charge on any atom is 0.251 e. The first-order valence-electron chi connectivity index (χ1n) is 7.47. The third-order valence-electron chi connectivity index (χ3n) is 3.82. The van der Waals surface area contributed by atoms with Crippen LogP contribution in [0, 0.1) is 13.8 Å². The summed E-state index contributed by atoms with van der Waals surface area (Å²) in [5.41, 5.74) is 1.55. The number of carbonyl (C=O) groups is 1. The van der Waals surface area contributed by atoms with Crippen LogP contribution in [0.3, 0.4) is 0 Å². The molecule has 136 valence electrons. The minimum atomic E-state index is -3.69. The van der Waals surface area contributed by atoms with Gasteiger partial charge >= 0.3 is 0 Å². The van der Waals surface area contributed by atoms with Crippen molar-refractivity contribution >= 4 is 21.6 Å². The van der Waals surface area contributed by atoms with Crippen molar-refractivity contribution in [2.75, 3.05) is 19.4 Å². The summed E-state index contributed by atoms with van der Waals surface area (Å²) in [5.74, 6) is -0.444. The van der Waals surface area contributed by atoms with Crippen molar-refractivity contribution < 1.29 is 13.2 Å². The second-order valence-corrected chi connectivity index (χ2v) is 7.99. The van der Waals surface area contributed by atoms with Gasteiger partial charge in [-0.15, -0.1) is 0 Å². The molecule has 2 aromatic rings. The van der Waals surface area contributed by atoms with Gasteiger partial charge in [-0.05, 0) is 19.9 Å². The molecule has 2 heterocycles. The highest BCUT2D eigenvalue weighted by Crippen LogP contribution is 2.18. The Morgan fingerprint density at radius 1 is 1.28 bits per heavy atom. The van der Waals surface area contributed by atoms with E-state index in [1.54, 1.807) is 18.7 Å². The van der Waals surface area contributed by atoms with Gasteiger partial charge in [0.15, 0.2) is 0 Å². The number of hydrogen-bond acceptors (Lipinski definition) is 5. The molecule has 0 atom stereocenters. The molecule has 0 aromatic carbocycles. The minimum Gasteiger partial charge on any atom is -0.321 e. The molecule has 0 bridgehead atoms. The summed E-state index contributed by atoms with van der Waals surface area (Å²) in [4.78, 5) is 24.2. The molecular weight excluding hydrogens is 346 g/mol. The summed E-state index contributed by atoms with van der Waals surface area (Å²) >= 11 is 0. The first-order chi connectivity index (χ1) is 11.5. The first-order valence-corrected chi connectivity index (χ1v) is 8.91. The SMILES string of the molecule is Cc1nn(C)c(C)c1NC(=O)Cn1cc(S(=O)(=O)N(C)C)ccc1=O. The van der Waals surface area contributed by atoms with E-state index in [9.17, 15) is 18.0 Å². The van der Waals surface area contributed by atoms with Crippen LogP contribution in [0.4, 0.5) is 5.69 Å². The Labute approximate surface area is 145 Å². The molecule has 0 aliphatic heterocycles. The smallest absolute Gasteiger partial charge is 0.251 e. The number of anilines is 1. The molecule has 0 spiro atoms. The maximum atomic E-state index is 12.3. The van der Waals surface area contributed by atoms with Gasteiger partial charge in [0, 0.05) is 33.4 Å². The molecule has 2 aromatic heterocycles. The van der Waals surface area contributed by atoms with E-state index < -0.39 is 21.5 Å². The van der Waals surface area contributed by atoms with E-state index in [0.717, 1.165) is 20.6 Å². The quantitative estimate of drug-likeness (QED) is 0.806.